The van der Waals surface area contributed by atoms with Crippen LogP contribution in [0.5, 0.6) is 0 Å². The predicted molar refractivity (Wildman–Crippen MR) is 111 cm³/mol. The Morgan fingerprint density at radius 1 is 1.16 bits per heavy atom. The number of anilines is 1. The Hall–Kier alpha value is -2.78. The number of nitrogens with one attached hydrogen (secondary N) is 1. The van der Waals surface area contributed by atoms with E-state index in [9.17, 15) is 23.1 Å². The molecule has 2 aromatic heterocycles. The average molecular weight is 453 g/mol. The first-order chi connectivity index (χ1) is 14.7. The first-order valence-corrected chi connectivity index (χ1v) is 10.1. The van der Waals surface area contributed by atoms with Crippen LogP contribution in [-0.4, -0.2) is 52.1 Å². The molecule has 1 fully saturated rings. The van der Waals surface area contributed by atoms with Gasteiger partial charge in [-0.3, -0.25) is 9.69 Å². The Labute approximate surface area is 181 Å². The predicted octanol–water partition coefficient (Wildman–Crippen LogP) is 4.57. The maximum absolute atomic E-state index is 12.8. The number of benzene rings is 1. The lowest BCUT2D eigenvalue weighted by molar-refractivity contribution is -0.143. The summed E-state index contributed by atoms with van der Waals surface area (Å²) >= 11 is 6.11. The van der Waals surface area contributed by atoms with Crippen molar-refractivity contribution in [2.45, 2.75) is 18.6 Å². The van der Waals surface area contributed by atoms with E-state index in [-0.39, 0.29) is 0 Å². The number of pyridine rings is 1. The number of hydrogen-bond acceptors (Lipinski definition) is 4. The van der Waals surface area contributed by atoms with E-state index in [0.717, 1.165) is 23.2 Å². The number of rotatable bonds is 4. The van der Waals surface area contributed by atoms with Gasteiger partial charge in [-0.1, -0.05) is 11.6 Å². The van der Waals surface area contributed by atoms with Crippen molar-refractivity contribution in [3.63, 3.8) is 0 Å². The molecule has 0 spiro atoms. The molecule has 0 radical (unpaired) electrons. The molecule has 1 atom stereocenters. The third kappa shape index (κ3) is 4.47. The number of halogens is 4. The topological polar surface area (TPSA) is 72.5 Å². The van der Waals surface area contributed by atoms with Crippen LogP contribution in [0.25, 0.3) is 10.9 Å². The van der Waals surface area contributed by atoms with E-state index in [4.69, 9.17) is 11.6 Å². The van der Waals surface area contributed by atoms with Gasteiger partial charge in [0.05, 0.1) is 5.56 Å². The Bertz CT molecular complexity index is 1080. The quantitative estimate of drug-likeness (QED) is 0.606. The van der Waals surface area contributed by atoms with Crippen LogP contribution in [0.1, 0.15) is 23.6 Å². The molecule has 0 bridgehead atoms. The van der Waals surface area contributed by atoms with Crippen molar-refractivity contribution < 1.29 is 23.1 Å². The number of hydrogen-bond donors (Lipinski definition) is 2. The molecular formula is C21H20ClF3N4O2. The van der Waals surface area contributed by atoms with Crippen molar-refractivity contribution in [1.29, 1.82) is 0 Å². The first kappa shape index (κ1) is 21.5. The largest absolute Gasteiger partial charge is 0.480 e. The third-order valence-electron chi connectivity index (χ3n) is 5.50. The number of aromatic amines is 1. The summed E-state index contributed by atoms with van der Waals surface area (Å²) in [6.45, 7) is 1.97. The zero-order chi connectivity index (χ0) is 22.2. The Kier molecular flexibility index (Phi) is 5.81. The Morgan fingerprint density at radius 2 is 1.97 bits per heavy atom. The molecule has 3 aromatic rings. The van der Waals surface area contributed by atoms with Gasteiger partial charge in [-0.2, -0.15) is 13.2 Å². The van der Waals surface area contributed by atoms with E-state index in [1.54, 1.807) is 24.4 Å². The van der Waals surface area contributed by atoms with E-state index < -0.39 is 23.8 Å². The minimum atomic E-state index is -4.43. The number of carbonyl (C=O) groups is 1. The summed E-state index contributed by atoms with van der Waals surface area (Å²) in [6, 6.07) is 6.79. The zero-order valence-electron chi connectivity index (χ0n) is 16.4. The summed E-state index contributed by atoms with van der Waals surface area (Å²) in [7, 11) is 0. The average Bonchev–Trinajstić information content (AvgIpc) is 2.96. The minimum Gasteiger partial charge on any atom is -0.480 e. The maximum atomic E-state index is 12.8. The van der Waals surface area contributed by atoms with Gasteiger partial charge in [0.15, 0.2) is 0 Å². The van der Waals surface area contributed by atoms with Crippen molar-refractivity contribution in [1.82, 2.24) is 14.9 Å². The smallest absolute Gasteiger partial charge is 0.417 e. The van der Waals surface area contributed by atoms with Crippen LogP contribution in [0.4, 0.5) is 19.0 Å². The van der Waals surface area contributed by atoms with Gasteiger partial charge >= 0.3 is 12.1 Å². The van der Waals surface area contributed by atoms with Crippen molar-refractivity contribution in [2.24, 2.45) is 0 Å². The fraction of sp³-hybridized carbons (Fsp3) is 0.333. The SMILES string of the molecule is O=C(O)C(c1c[nH]c2ccc(Cl)cc12)N1CCCN(c2ccc(C(F)(F)F)cn2)CC1. The molecule has 10 heteroatoms. The van der Waals surface area contributed by atoms with Gasteiger partial charge in [-0.25, -0.2) is 4.98 Å². The molecule has 1 aromatic carbocycles. The molecule has 164 valence electrons. The van der Waals surface area contributed by atoms with E-state index in [1.165, 1.54) is 6.07 Å². The molecule has 6 nitrogen and oxygen atoms in total. The molecule has 1 aliphatic heterocycles. The third-order valence-corrected chi connectivity index (χ3v) is 5.73. The van der Waals surface area contributed by atoms with Crippen LogP contribution in [0, 0.1) is 0 Å². The fourth-order valence-electron chi connectivity index (χ4n) is 3.99. The number of alkyl halides is 3. The van der Waals surface area contributed by atoms with E-state index >= 15 is 0 Å². The number of carboxylic acids is 1. The van der Waals surface area contributed by atoms with Crippen LogP contribution >= 0.6 is 11.6 Å². The molecule has 0 aliphatic carbocycles. The second-order valence-electron chi connectivity index (χ2n) is 7.45. The first-order valence-electron chi connectivity index (χ1n) is 9.75. The summed E-state index contributed by atoms with van der Waals surface area (Å²) < 4.78 is 38.4. The van der Waals surface area contributed by atoms with Gasteiger partial charge in [0.1, 0.15) is 11.9 Å². The van der Waals surface area contributed by atoms with Crippen LogP contribution in [-0.2, 0) is 11.0 Å². The van der Waals surface area contributed by atoms with Gasteiger partial charge in [0, 0.05) is 60.1 Å². The monoisotopic (exact) mass is 452 g/mol. The molecule has 3 heterocycles. The van der Waals surface area contributed by atoms with Gasteiger partial charge in [-0.05, 0) is 36.8 Å². The lowest BCUT2D eigenvalue weighted by Crippen LogP contribution is -2.37. The molecule has 4 rings (SSSR count). The highest BCUT2D eigenvalue weighted by Crippen LogP contribution is 2.32. The molecule has 1 saturated heterocycles. The summed E-state index contributed by atoms with van der Waals surface area (Å²) in [6.07, 6.45) is -1.26. The van der Waals surface area contributed by atoms with E-state index in [2.05, 4.69) is 9.97 Å². The van der Waals surface area contributed by atoms with Gasteiger partial charge in [0.25, 0.3) is 0 Å². The normalized spacial score (nSPS) is 17.0. The summed E-state index contributed by atoms with van der Waals surface area (Å²) in [5.41, 5.74) is 0.638. The molecule has 1 unspecified atom stereocenters. The number of fused-ring (bicyclic) bond motifs is 1. The second-order valence-corrected chi connectivity index (χ2v) is 7.89. The molecule has 2 N–H and O–H groups in total. The summed E-state index contributed by atoms with van der Waals surface area (Å²) in [4.78, 5) is 23.0. The minimum absolute atomic E-state index is 0.424. The van der Waals surface area contributed by atoms with Crippen LogP contribution in [0.3, 0.4) is 0 Å². The number of aromatic nitrogens is 2. The molecular weight excluding hydrogens is 433 g/mol. The number of carboxylic acid groups (broad SMARTS) is 1. The number of nitrogens with zero attached hydrogens (tertiary/aromatic N) is 3. The lowest BCUT2D eigenvalue weighted by atomic mass is 10.0. The number of H-pyrrole nitrogens is 1. The number of aliphatic carboxylic acids is 1. The van der Waals surface area contributed by atoms with Gasteiger partial charge in [0.2, 0.25) is 0 Å². The highest BCUT2D eigenvalue weighted by Gasteiger charge is 2.33. The highest BCUT2D eigenvalue weighted by molar-refractivity contribution is 6.31. The Morgan fingerprint density at radius 3 is 2.65 bits per heavy atom. The van der Waals surface area contributed by atoms with Gasteiger partial charge < -0.3 is 15.0 Å². The second kappa shape index (κ2) is 8.39. The van der Waals surface area contributed by atoms with Crippen LogP contribution < -0.4 is 4.90 Å². The van der Waals surface area contributed by atoms with Crippen molar-refractivity contribution >= 4 is 34.3 Å². The Balaban J connectivity index is 1.55. The van der Waals surface area contributed by atoms with E-state index in [0.29, 0.717) is 49.0 Å². The highest BCUT2D eigenvalue weighted by atomic mass is 35.5. The van der Waals surface area contributed by atoms with Crippen molar-refractivity contribution in [3.05, 3.63) is 58.9 Å². The van der Waals surface area contributed by atoms with Gasteiger partial charge in [-0.15, -0.1) is 0 Å². The van der Waals surface area contributed by atoms with Crippen molar-refractivity contribution in [2.75, 3.05) is 31.1 Å². The molecule has 31 heavy (non-hydrogen) atoms. The fourth-order valence-corrected chi connectivity index (χ4v) is 4.16. The van der Waals surface area contributed by atoms with Crippen molar-refractivity contribution in [3.8, 4) is 0 Å². The van der Waals surface area contributed by atoms with Crippen LogP contribution in [0.15, 0.2) is 42.7 Å². The van der Waals surface area contributed by atoms with E-state index in [1.807, 2.05) is 9.80 Å². The molecule has 0 amide bonds. The summed E-state index contributed by atoms with van der Waals surface area (Å²) in [5.74, 6) is -0.525. The van der Waals surface area contributed by atoms with Crippen LogP contribution in [0.2, 0.25) is 5.02 Å². The zero-order valence-corrected chi connectivity index (χ0v) is 17.1. The lowest BCUT2D eigenvalue weighted by Gasteiger charge is -2.27. The summed E-state index contributed by atoms with van der Waals surface area (Å²) in [5, 5.41) is 11.3. The standard InChI is InChI=1S/C21H20ClF3N4O2/c22-14-3-4-17-15(10-14)16(12-26-17)19(20(30)31)29-7-1-6-28(8-9-29)18-5-2-13(11-27-18)21(23,24)25/h2-5,10-12,19,26H,1,6-9H2,(H,30,31). The maximum Gasteiger partial charge on any atom is 0.417 e. The molecule has 1 aliphatic rings. The molecule has 0 saturated carbocycles.